The van der Waals surface area contributed by atoms with E-state index in [9.17, 15) is 0 Å². The van der Waals surface area contributed by atoms with Gasteiger partial charge in [0.15, 0.2) is 5.58 Å². The molecule has 1 aromatic carbocycles. The Hall–Kier alpha value is -1.88. The summed E-state index contributed by atoms with van der Waals surface area (Å²) in [5.74, 6) is 0. The van der Waals surface area contributed by atoms with Crippen LogP contribution in [0, 0.1) is 0 Å². The van der Waals surface area contributed by atoms with E-state index in [0.717, 1.165) is 35.5 Å². The van der Waals surface area contributed by atoms with Crippen LogP contribution in [0.4, 0.5) is 6.01 Å². The van der Waals surface area contributed by atoms with Gasteiger partial charge in [-0.25, -0.2) is 4.98 Å². The van der Waals surface area contributed by atoms with E-state index < -0.39 is 0 Å². The average Bonchev–Trinajstić information content (AvgIpc) is 3.04. The van der Waals surface area contributed by atoms with Crippen molar-refractivity contribution < 1.29 is 4.42 Å². The van der Waals surface area contributed by atoms with Crippen molar-refractivity contribution in [3.05, 3.63) is 40.3 Å². The normalized spacial score (nSPS) is 11.0. The van der Waals surface area contributed by atoms with Gasteiger partial charge in [-0.2, -0.15) is 4.98 Å². The predicted octanol–water partition coefficient (Wildman–Crippen LogP) is 3.50. The van der Waals surface area contributed by atoms with Crippen LogP contribution in [0.5, 0.6) is 0 Å². The van der Waals surface area contributed by atoms with Crippen molar-refractivity contribution in [1.82, 2.24) is 9.97 Å². The summed E-state index contributed by atoms with van der Waals surface area (Å²) in [5, 5.41) is 4.35. The zero-order valence-electron chi connectivity index (χ0n) is 10.7. The number of aromatic nitrogens is 2. The number of nitrogens with one attached hydrogen (secondary N) is 1. The molecule has 3 rings (SSSR count). The lowest BCUT2D eigenvalue weighted by Gasteiger charge is -1.98. The topological polar surface area (TPSA) is 51.0 Å². The summed E-state index contributed by atoms with van der Waals surface area (Å²) in [6.07, 6.45) is 3.90. The van der Waals surface area contributed by atoms with Crippen LogP contribution in [-0.2, 0) is 12.8 Å². The second-order valence-electron chi connectivity index (χ2n) is 4.24. The predicted molar refractivity (Wildman–Crippen MR) is 77.7 cm³/mol. The molecule has 0 aliphatic heterocycles. The van der Waals surface area contributed by atoms with Crippen molar-refractivity contribution in [2.45, 2.75) is 19.8 Å². The first-order valence-electron chi connectivity index (χ1n) is 6.38. The summed E-state index contributed by atoms with van der Waals surface area (Å²) in [5.41, 5.74) is 1.69. The Bertz CT molecular complexity index is 641. The van der Waals surface area contributed by atoms with E-state index in [2.05, 4.69) is 22.2 Å². The van der Waals surface area contributed by atoms with Crippen LogP contribution < -0.4 is 5.32 Å². The molecular formula is C14H15N3OS. The number of thiazole rings is 1. The van der Waals surface area contributed by atoms with Crippen LogP contribution >= 0.6 is 11.3 Å². The van der Waals surface area contributed by atoms with Gasteiger partial charge < -0.3 is 9.73 Å². The smallest absolute Gasteiger partial charge is 0.295 e. The lowest BCUT2D eigenvalue weighted by atomic mass is 10.3. The zero-order valence-corrected chi connectivity index (χ0v) is 11.5. The highest BCUT2D eigenvalue weighted by atomic mass is 32.1. The third-order valence-electron chi connectivity index (χ3n) is 2.86. The molecular weight excluding hydrogens is 258 g/mol. The lowest BCUT2D eigenvalue weighted by molar-refractivity contribution is 0.614. The van der Waals surface area contributed by atoms with Gasteiger partial charge in [-0.05, 0) is 18.6 Å². The first-order valence-corrected chi connectivity index (χ1v) is 7.20. The summed E-state index contributed by atoms with van der Waals surface area (Å²) in [7, 11) is 0. The van der Waals surface area contributed by atoms with Crippen LogP contribution in [0.2, 0.25) is 0 Å². The van der Waals surface area contributed by atoms with E-state index in [1.807, 2.05) is 30.5 Å². The number of hydrogen-bond donors (Lipinski definition) is 1. The first-order chi connectivity index (χ1) is 9.35. The molecule has 0 saturated heterocycles. The van der Waals surface area contributed by atoms with Crippen molar-refractivity contribution in [1.29, 1.82) is 0 Å². The van der Waals surface area contributed by atoms with E-state index in [1.54, 1.807) is 11.3 Å². The van der Waals surface area contributed by atoms with Crippen molar-refractivity contribution in [2.24, 2.45) is 0 Å². The Balaban J connectivity index is 1.59. The molecule has 0 radical (unpaired) electrons. The summed E-state index contributed by atoms with van der Waals surface area (Å²) in [6, 6.07) is 8.34. The highest BCUT2D eigenvalue weighted by Crippen LogP contribution is 2.18. The first kappa shape index (κ1) is 12.2. The monoisotopic (exact) mass is 273 g/mol. The standard InChI is InChI=1S/C14H15N3OS/c1-2-10-9-16-13(19-10)7-8-15-14-17-11-5-3-4-6-12(11)18-14/h3-6,9H,2,7-8H2,1H3,(H,15,17). The van der Waals surface area contributed by atoms with Gasteiger partial charge in [0, 0.05) is 24.0 Å². The molecule has 0 aliphatic carbocycles. The van der Waals surface area contributed by atoms with Gasteiger partial charge in [-0.15, -0.1) is 11.3 Å². The molecule has 3 aromatic rings. The summed E-state index contributed by atoms with van der Waals surface area (Å²) in [6.45, 7) is 2.93. The number of rotatable bonds is 5. The maximum atomic E-state index is 5.59. The van der Waals surface area contributed by atoms with Gasteiger partial charge in [0.05, 0.1) is 5.01 Å². The number of oxazole rings is 1. The summed E-state index contributed by atoms with van der Waals surface area (Å²) in [4.78, 5) is 10.1. The lowest BCUT2D eigenvalue weighted by Crippen LogP contribution is -2.04. The summed E-state index contributed by atoms with van der Waals surface area (Å²) < 4.78 is 5.59. The number of para-hydroxylation sites is 2. The average molecular weight is 273 g/mol. The molecule has 0 amide bonds. The number of anilines is 1. The number of benzene rings is 1. The van der Waals surface area contributed by atoms with Crippen LogP contribution in [0.3, 0.4) is 0 Å². The Kier molecular flexibility index (Phi) is 3.46. The molecule has 0 bridgehead atoms. The van der Waals surface area contributed by atoms with E-state index in [4.69, 9.17) is 4.42 Å². The second kappa shape index (κ2) is 5.40. The highest BCUT2D eigenvalue weighted by molar-refractivity contribution is 7.11. The minimum absolute atomic E-state index is 0.577. The fraction of sp³-hybridized carbons (Fsp3) is 0.286. The molecule has 19 heavy (non-hydrogen) atoms. The molecule has 5 heteroatoms. The maximum absolute atomic E-state index is 5.59. The largest absolute Gasteiger partial charge is 0.424 e. The van der Waals surface area contributed by atoms with Gasteiger partial charge in [-0.1, -0.05) is 19.1 Å². The minimum atomic E-state index is 0.577. The third-order valence-corrected chi connectivity index (χ3v) is 4.06. The molecule has 0 spiro atoms. The molecule has 0 aliphatic rings. The molecule has 2 aromatic heterocycles. The van der Waals surface area contributed by atoms with Gasteiger partial charge in [0.25, 0.3) is 6.01 Å². The fourth-order valence-corrected chi connectivity index (χ4v) is 2.71. The van der Waals surface area contributed by atoms with E-state index in [0.29, 0.717) is 6.01 Å². The molecule has 0 unspecified atom stereocenters. The van der Waals surface area contributed by atoms with Crippen molar-refractivity contribution in [3.63, 3.8) is 0 Å². The second-order valence-corrected chi connectivity index (χ2v) is 5.44. The van der Waals surface area contributed by atoms with Gasteiger partial charge in [0.2, 0.25) is 0 Å². The van der Waals surface area contributed by atoms with E-state index >= 15 is 0 Å². The fourth-order valence-electron chi connectivity index (χ4n) is 1.85. The molecule has 0 saturated carbocycles. The van der Waals surface area contributed by atoms with Crippen LogP contribution in [0.15, 0.2) is 34.9 Å². The number of hydrogen-bond acceptors (Lipinski definition) is 5. The third kappa shape index (κ3) is 2.76. The Morgan fingerprint density at radius 2 is 2.21 bits per heavy atom. The Morgan fingerprint density at radius 1 is 1.32 bits per heavy atom. The van der Waals surface area contributed by atoms with Gasteiger partial charge in [0.1, 0.15) is 5.52 Å². The van der Waals surface area contributed by atoms with Crippen LogP contribution in [-0.4, -0.2) is 16.5 Å². The van der Waals surface area contributed by atoms with Crippen molar-refractivity contribution in [2.75, 3.05) is 11.9 Å². The zero-order chi connectivity index (χ0) is 13.1. The number of fused-ring (bicyclic) bond motifs is 1. The quantitative estimate of drug-likeness (QED) is 0.773. The molecule has 98 valence electrons. The molecule has 4 nitrogen and oxygen atoms in total. The molecule has 2 heterocycles. The Morgan fingerprint density at radius 3 is 3.00 bits per heavy atom. The highest BCUT2D eigenvalue weighted by Gasteiger charge is 2.05. The molecule has 1 N–H and O–H groups in total. The Labute approximate surface area is 115 Å². The van der Waals surface area contributed by atoms with Gasteiger partial charge >= 0.3 is 0 Å². The van der Waals surface area contributed by atoms with Crippen LogP contribution in [0.25, 0.3) is 11.1 Å². The number of nitrogens with zero attached hydrogens (tertiary/aromatic N) is 2. The van der Waals surface area contributed by atoms with E-state index in [1.165, 1.54) is 4.88 Å². The van der Waals surface area contributed by atoms with Gasteiger partial charge in [-0.3, -0.25) is 0 Å². The number of aryl methyl sites for hydroxylation is 1. The SMILES string of the molecule is CCc1cnc(CCNc2nc3ccccc3o2)s1. The van der Waals surface area contributed by atoms with Crippen molar-refractivity contribution in [3.8, 4) is 0 Å². The summed E-state index contributed by atoms with van der Waals surface area (Å²) >= 11 is 1.77. The van der Waals surface area contributed by atoms with Crippen molar-refractivity contribution >= 4 is 28.5 Å². The minimum Gasteiger partial charge on any atom is -0.424 e. The van der Waals surface area contributed by atoms with Crippen LogP contribution in [0.1, 0.15) is 16.8 Å². The molecule has 0 fully saturated rings. The maximum Gasteiger partial charge on any atom is 0.295 e. The molecule has 0 atom stereocenters. The van der Waals surface area contributed by atoms with E-state index in [-0.39, 0.29) is 0 Å².